The van der Waals surface area contributed by atoms with Crippen LogP contribution in [0.5, 0.6) is 5.75 Å². The van der Waals surface area contributed by atoms with Gasteiger partial charge in [0.05, 0.1) is 20.2 Å². The van der Waals surface area contributed by atoms with E-state index in [0.717, 1.165) is 4.90 Å². The van der Waals surface area contributed by atoms with Crippen LogP contribution in [0.3, 0.4) is 0 Å². The molecule has 0 radical (unpaired) electrons. The minimum absolute atomic E-state index is 0.0239. The van der Waals surface area contributed by atoms with Gasteiger partial charge in [0, 0.05) is 11.1 Å². The second-order valence-electron chi connectivity index (χ2n) is 4.03. The van der Waals surface area contributed by atoms with E-state index in [0.29, 0.717) is 16.9 Å². The van der Waals surface area contributed by atoms with Crippen molar-refractivity contribution in [3.8, 4) is 5.75 Å². The normalized spacial score (nSPS) is 14.5. The Labute approximate surface area is 115 Å². The van der Waals surface area contributed by atoms with Crippen LogP contribution in [-0.4, -0.2) is 35.5 Å². The molecule has 7 heteroatoms. The first-order valence-electron chi connectivity index (χ1n) is 5.58. The number of urea groups is 1. The quantitative estimate of drug-likeness (QED) is 0.615. The Morgan fingerprint density at radius 3 is 2.79 bits per heavy atom. The van der Waals surface area contributed by atoms with Crippen molar-refractivity contribution >= 4 is 29.1 Å². The number of carbonyl (C=O) groups is 2. The maximum absolute atomic E-state index is 11.6. The van der Waals surface area contributed by atoms with Gasteiger partial charge in [0.15, 0.2) is 0 Å². The topological polar surface area (TPSA) is 84.7 Å². The monoisotopic (exact) mass is 279 g/mol. The number of methoxy groups -OCH3 is 1. The predicted molar refractivity (Wildman–Crippen MR) is 72.8 cm³/mol. The average molecular weight is 279 g/mol. The molecular weight excluding hydrogens is 266 g/mol. The number of nitrogens with zero attached hydrogens (tertiary/aromatic N) is 1. The van der Waals surface area contributed by atoms with Crippen LogP contribution in [0.15, 0.2) is 18.2 Å². The van der Waals surface area contributed by atoms with Crippen molar-refractivity contribution in [3.05, 3.63) is 29.3 Å². The molecular formula is C12H13N3O3S. The molecule has 2 rings (SSSR count). The largest absolute Gasteiger partial charge is 0.496 e. The SMILES string of the molecule is COc1ccc(C(N)=S)cc1CN1C(=O)CNC1=O. The van der Waals surface area contributed by atoms with E-state index in [-0.39, 0.29) is 24.0 Å². The van der Waals surface area contributed by atoms with Gasteiger partial charge in [-0.1, -0.05) is 12.2 Å². The van der Waals surface area contributed by atoms with Gasteiger partial charge in [-0.2, -0.15) is 0 Å². The van der Waals surface area contributed by atoms with E-state index in [9.17, 15) is 9.59 Å². The van der Waals surface area contributed by atoms with E-state index >= 15 is 0 Å². The van der Waals surface area contributed by atoms with Crippen LogP contribution >= 0.6 is 12.2 Å². The van der Waals surface area contributed by atoms with Crippen molar-refractivity contribution < 1.29 is 14.3 Å². The second kappa shape index (κ2) is 5.23. The molecule has 0 aromatic heterocycles. The highest BCUT2D eigenvalue weighted by Gasteiger charge is 2.29. The third-order valence-electron chi connectivity index (χ3n) is 2.83. The highest BCUT2D eigenvalue weighted by molar-refractivity contribution is 7.80. The van der Waals surface area contributed by atoms with E-state index in [4.69, 9.17) is 22.7 Å². The summed E-state index contributed by atoms with van der Waals surface area (Å²) >= 11 is 4.91. The Balaban J connectivity index is 2.32. The van der Waals surface area contributed by atoms with Crippen LogP contribution < -0.4 is 15.8 Å². The van der Waals surface area contributed by atoms with Gasteiger partial charge in [-0.15, -0.1) is 0 Å². The van der Waals surface area contributed by atoms with Gasteiger partial charge in [0.25, 0.3) is 0 Å². The molecule has 0 bridgehead atoms. The first-order valence-corrected chi connectivity index (χ1v) is 5.98. The van der Waals surface area contributed by atoms with E-state index in [1.165, 1.54) is 7.11 Å². The number of rotatable bonds is 4. The van der Waals surface area contributed by atoms with Crippen LogP contribution in [0.2, 0.25) is 0 Å². The second-order valence-corrected chi connectivity index (χ2v) is 4.47. The molecule has 1 saturated heterocycles. The van der Waals surface area contributed by atoms with Crippen LogP contribution in [0.25, 0.3) is 0 Å². The molecule has 0 unspecified atom stereocenters. The van der Waals surface area contributed by atoms with Crippen molar-refractivity contribution in [1.82, 2.24) is 10.2 Å². The minimum atomic E-state index is -0.409. The fourth-order valence-electron chi connectivity index (χ4n) is 1.84. The molecule has 1 aromatic rings. The van der Waals surface area contributed by atoms with Crippen LogP contribution in [0.4, 0.5) is 4.79 Å². The summed E-state index contributed by atoms with van der Waals surface area (Å²) in [5.74, 6) is 0.306. The number of nitrogens with one attached hydrogen (secondary N) is 1. The maximum atomic E-state index is 11.6. The van der Waals surface area contributed by atoms with E-state index in [1.54, 1.807) is 18.2 Å². The summed E-state index contributed by atoms with van der Waals surface area (Å²) in [4.78, 5) is 24.4. The summed E-state index contributed by atoms with van der Waals surface area (Å²) in [5.41, 5.74) is 6.91. The lowest BCUT2D eigenvalue weighted by Gasteiger charge is -2.15. The molecule has 19 heavy (non-hydrogen) atoms. The van der Waals surface area contributed by atoms with E-state index < -0.39 is 6.03 Å². The molecule has 6 nitrogen and oxygen atoms in total. The van der Waals surface area contributed by atoms with Crippen molar-refractivity contribution in [2.24, 2.45) is 5.73 Å². The first kappa shape index (κ1) is 13.3. The van der Waals surface area contributed by atoms with Gasteiger partial charge in [0.1, 0.15) is 10.7 Å². The van der Waals surface area contributed by atoms with Gasteiger partial charge in [0.2, 0.25) is 5.91 Å². The predicted octanol–water partition coefficient (Wildman–Crippen LogP) is 0.381. The summed E-state index contributed by atoms with van der Waals surface area (Å²) in [7, 11) is 1.52. The summed E-state index contributed by atoms with van der Waals surface area (Å²) < 4.78 is 5.21. The summed E-state index contributed by atoms with van der Waals surface area (Å²) in [5, 5.41) is 2.46. The number of nitrogens with two attached hydrogens (primary N) is 1. The molecule has 1 aromatic carbocycles. The Morgan fingerprint density at radius 2 is 2.26 bits per heavy atom. The number of hydrogen-bond acceptors (Lipinski definition) is 4. The fraction of sp³-hybridized carbons (Fsp3) is 0.250. The summed E-state index contributed by atoms with van der Waals surface area (Å²) in [6.07, 6.45) is 0. The Bertz CT molecular complexity index is 543. The number of ether oxygens (including phenoxy) is 1. The van der Waals surface area contributed by atoms with Crippen molar-refractivity contribution in [3.63, 3.8) is 0 Å². The van der Waals surface area contributed by atoms with Crippen LogP contribution in [0.1, 0.15) is 11.1 Å². The molecule has 1 aliphatic heterocycles. The molecule has 0 atom stereocenters. The van der Waals surface area contributed by atoms with E-state index in [2.05, 4.69) is 5.32 Å². The zero-order valence-corrected chi connectivity index (χ0v) is 11.1. The summed E-state index contributed by atoms with van der Waals surface area (Å²) in [6.45, 7) is 0.153. The number of amides is 3. The molecule has 100 valence electrons. The van der Waals surface area contributed by atoms with Crippen molar-refractivity contribution in [1.29, 1.82) is 0 Å². The molecule has 1 aliphatic rings. The van der Waals surface area contributed by atoms with E-state index in [1.807, 2.05) is 0 Å². The fourth-order valence-corrected chi connectivity index (χ4v) is 1.97. The third kappa shape index (κ3) is 2.65. The van der Waals surface area contributed by atoms with Crippen LogP contribution in [-0.2, 0) is 11.3 Å². The maximum Gasteiger partial charge on any atom is 0.324 e. The summed E-state index contributed by atoms with van der Waals surface area (Å²) in [6, 6.07) is 4.76. The first-order chi connectivity index (χ1) is 9.02. The van der Waals surface area contributed by atoms with Gasteiger partial charge in [-0.25, -0.2) is 4.79 Å². The standard InChI is InChI=1S/C12H13N3O3S/c1-18-9-3-2-7(11(13)19)4-8(9)6-15-10(16)5-14-12(15)17/h2-4H,5-6H2,1H3,(H2,13,19)(H,14,17). The van der Waals surface area contributed by atoms with Gasteiger partial charge < -0.3 is 15.8 Å². The highest BCUT2D eigenvalue weighted by atomic mass is 32.1. The lowest BCUT2D eigenvalue weighted by molar-refractivity contribution is -0.125. The van der Waals surface area contributed by atoms with Crippen LogP contribution in [0, 0.1) is 0 Å². The zero-order valence-electron chi connectivity index (χ0n) is 10.3. The molecule has 0 spiro atoms. The lowest BCUT2D eigenvalue weighted by atomic mass is 10.1. The number of imide groups is 1. The molecule has 0 saturated carbocycles. The Kier molecular flexibility index (Phi) is 3.66. The number of carbonyl (C=O) groups excluding carboxylic acids is 2. The minimum Gasteiger partial charge on any atom is -0.496 e. The molecule has 1 fully saturated rings. The van der Waals surface area contributed by atoms with Crippen molar-refractivity contribution in [2.75, 3.05) is 13.7 Å². The molecule has 0 aliphatic carbocycles. The highest BCUT2D eigenvalue weighted by Crippen LogP contribution is 2.22. The average Bonchev–Trinajstić information content (AvgIpc) is 2.70. The number of benzene rings is 1. The third-order valence-corrected chi connectivity index (χ3v) is 3.07. The lowest BCUT2D eigenvalue weighted by Crippen LogP contribution is -2.30. The molecule has 3 N–H and O–H groups in total. The number of hydrogen-bond donors (Lipinski definition) is 2. The Hall–Kier alpha value is -2.15. The van der Waals surface area contributed by atoms with Gasteiger partial charge in [-0.05, 0) is 18.2 Å². The van der Waals surface area contributed by atoms with Crippen molar-refractivity contribution in [2.45, 2.75) is 6.54 Å². The smallest absolute Gasteiger partial charge is 0.324 e. The molecule has 1 heterocycles. The van der Waals surface area contributed by atoms with Gasteiger partial charge in [-0.3, -0.25) is 9.69 Å². The van der Waals surface area contributed by atoms with Gasteiger partial charge >= 0.3 is 6.03 Å². The zero-order chi connectivity index (χ0) is 14.0. The molecule has 3 amide bonds. The Morgan fingerprint density at radius 1 is 1.53 bits per heavy atom. The number of thiocarbonyl (C=S) groups is 1.